The van der Waals surface area contributed by atoms with Crippen LogP contribution in [0, 0.1) is 5.41 Å². The Balaban J connectivity index is 2.61. The van der Waals surface area contributed by atoms with Crippen LogP contribution in [0.4, 0.5) is 0 Å². The Morgan fingerprint density at radius 2 is 2.24 bits per heavy atom. The quantitative estimate of drug-likeness (QED) is 0.696. The molecule has 0 aromatic carbocycles. The Morgan fingerprint density at radius 3 is 2.94 bits per heavy atom. The largest absolute Gasteiger partial charge is 0.506 e. The highest BCUT2D eigenvalue weighted by molar-refractivity contribution is 6.07. The van der Waals surface area contributed by atoms with Crippen LogP contribution in [0.1, 0.15) is 5.69 Å². The third-order valence-corrected chi connectivity index (χ3v) is 2.31. The first-order valence-corrected chi connectivity index (χ1v) is 5.09. The van der Waals surface area contributed by atoms with Crippen molar-refractivity contribution in [3.63, 3.8) is 0 Å². The fraction of sp³-hybridized carbons (Fsp3) is 0.0833. The molecule has 0 radical (unpaired) electrons. The van der Waals surface area contributed by atoms with Crippen LogP contribution in [0.5, 0.6) is 5.75 Å². The first kappa shape index (κ1) is 11.1. The summed E-state index contributed by atoms with van der Waals surface area (Å²) in [5, 5.41) is 19.8. The van der Waals surface area contributed by atoms with Gasteiger partial charge >= 0.3 is 0 Å². The van der Waals surface area contributed by atoms with Crippen molar-refractivity contribution in [2.75, 3.05) is 7.05 Å². The molecule has 2 rings (SSSR count). The third kappa shape index (κ3) is 2.08. The standard InChI is InChI=1S/C12H12N4O/c1-14-7-8(6-13)9-2-3-10-12(16-9)11(17)4-5-15-10/h2-7,13-14H,1H3,(H,15,17)/b8-7+,13-6?. The molecule has 2 heterocycles. The van der Waals surface area contributed by atoms with E-state index < -0.39 is 0 Å². The first-order chi connectivity index (χ1) is 8.26. The molecule has 3 N–H and O–H groups in total. The molecule has 5 heteroatoms. The van der Waals surface area contributed by atoms with Crippen molar-refractivity contribution >= 4 is 22.8 Å². The molecule has 0 saturated carbocycles. The summed E-state index contributed by atoms with van der Waals surface area (Å²) >= 11 is 0. The van der Waals surface area contributed by atoms with Gasteiger partial charge in [0.2, 0.25) is 0 Å². The van der Waals surface area contributed by atoms with Crippen LogP contribution in [0.2, 0.25) is 0 Å². The van der Waals surface area contributed by atoms with Gasteiger partial charge in [0, 0.05) is 37.3 Å². The van der Waals surface area contributed by atoms with E-state index in [0.717, 1.165) is 0 Å². The molecule has 0 aliphatic carbocycles. The van der Waals surface area contributed by atoms with Gasteiger partial charge in [0.05, 0.1) is 11.2 Å². The van der Waals surface area contributed by atoms with Crippen molar-refractivity contribution in [1.82, 2.24) is 15.3 Å². The predicted octanol–water partition coefficient (Wildman–Crippen LogP) is 1.55. The van der Waals surface area contributed by atoms with Crippen LogP contribution in [0.25, 0.3) is 16.6 Å². The highest BCUT2D eigenvalue weighted by Gasteiger charge is 2.05. The molecule has 17 heavy (non-hydrogen) atoms. The van der Waals surface area contributed by atoms with Gasteiger partial charge in [-0.2, -0.15) is 0 Å². The minimum atomic E-state index is 0.0886. The summed E-state index contributed by atoms with van der Waals surface area (Å²) in [5.74, 6) is 0.0886. The van der Waals surface area contributed by atoms with Gasteiger partial charge in [-0.25, -0.2) is 4.98 Å². The maximum absolute atomic E-state index is 9.69. The lowest BCUT2D eigenvalue weighted by Gasteiger charge is -2.04. The van der Waals surface area contributed by atoms with Crippen LogP contribution < -0.4 is 5.32 Å². The summed E-state index contributed by atoms with van der Waals surface area (Å²) in [4.78, 5) is 8.39. The smallest absolute Gasteiger partial charge is 0.144 e. The number of aromatic nitrogens is 2. The van der Waals surface area contributed by atoms with E-state index in [2.05, 4.69) is 15.3 Å². The highest BCUT2D eigenvalue weighted by atomic mass is 16.3. The monoisotopic (exact) mass is 228 g/mol. The fourth-order valence-corrected chi connectivity index (χ4v) is 1.52. The molecule has 0 atom stereocenters. The maximum atomic E-state index is 9.69. The van der Waals surface area contributed by atoms with Crippen molar-refractivity contribution in [1.29, 1.82) is 5.41 Å². The number of rotatable bonds is 3. The van der Waals surface area contributed by atoms with Gasteiger partial charge in [0.15, 0.2) is 0 Å². The normalized spacial score (nSPS) is 11.5. The summed E-state index contributed by atoms with van der Waals surface area (Å²) in [6, 6.07) is 5.03. The molecule has 0 saturated heterocycles. The summed E-state index contributed by atoms with van der Waals surface area (Å²) in [7, 11) is 1.75. The second kappa shape index (κ2) is 4.61. The maximum Gasteiger partial charge on any atom is 0.144 e. The number of aromatic hydroxyl groups is 1. The molecule has 0 spiro atoms. The van der Waals surface area contributed by atoms with Crippen molar-refractivity contribution in [2.45, 2.75) is 0 Å². The van der Waals surface area contributed by atoms with Gasteiger partial charge in [-0.3, -0.25) is 4.98 Å². The van der Waals surface area contributed by atoms with Gasteiger partial charge in [0.1, 0.15) is 11.3 Å². The predicted molar refractivity (Wildman–Crippen MR) is 67.0 cm³/mol. The minimum absolute atomic E-state index is 0.0886. The van der Waals surface area contributed by atoms with Crippen LogP contribution in [-0.2, 0) is 0 Å². The number of pyridine rings is 2. The molecule has 2 aromatic rings. The van der Waals surface area contributed by atoms with Crippen molar-refractivity contribution in [2.24, 2.45) is 0 Å². The van der Waals surface area contributed by atoms with E-state index in [1.165, 1.54) is 18.5 Å². The van der Waals surface area contributed by atoms with Crippen molar-refractivity contribution < 1.29 is 5.11 Å². The Labute approximate surface area is 98.4 Å². The lowest BCUT2D eigenvalue weighted by atomic mass is 10.2. The highest BCUT2D eigenvalue weighted by Crippen LogP contribution is 2.22. The third-order valence-electron chi connectivity index (χ3n) is 2.31. The molecular weight excluding hydrogens is 216 g/mol. The molecule has 0 aliphatic rings. The molecule has 2 aromatic heterocycles. The van der Waals surface area contributed by atoms with Crippen LogP contribution in [-0.4, -0.2) is 28.3 Å². The minimum Gasteiger partial charge on any atom is -0.506 e. The fourth-order valence-electron chi connectivity index (χ4n) is 1.52. The lowest BCUT2D eigenvalue weighted by molar-refractivity contribution is 0.480. The SMILES string of the molecule is CN/C=C(\C=N)c1ccc2nccc(O)c2n1. The van der Waals surface area contributed by atoms with Gasteiger partial charge in [-0.05, 0) is 12.1 Å². The Hall–Kier alpha value is -2.43. The van der Waals surface area contributed by atoms with E-state index >= 15 is 0 Å². The molecule has 0 aliphatic heterocycles. The second-order valence-electron chi connectivity index (χ2n) is 3.43. The summed E-state index contributed by atoms with van der Waals surface area (Å²) in [6.45, 7) is 0. The molecule has 5 nitrogen and oxygen atoms in total. The molecule has 86 valence electrons. The average molecular weight is 228 g/mol. The Bertz CT molecular complexity index is 592. The number of fused-ring (bicyclic) bond motifs is 1. The molecule has 0 fully saturated rings. The lowest BCUT2D eigenvalue weighted by Crippen LogP contribution is -1.99. The Morgan fingerprint density at radius 1 is 1.41 bits per heavy atom. The summed E-state index contributed by atoms with van der Waals surface area (Å²) in [6.07, 6.45) is 4.41. The van der Waals surface area contributed by atoms with Crippen LogP contribution >= 0.6 is 0 Å². The summed E-state index contributed by atoms with van der Waals surface area (Å²) < 4.78 is 0. The molecule has 0 unspecified atom stereocenters. The van der Waals surface area contributed by atoms with E-state index in [0.29, 0.717) is 22.3 Å². The van der Waals surface area contributed by atoms with E-state index in [1.54, 1.807) is 25.4 Å². The second-order valence-corrected chi connectivity index (χ2v) is 3.43. The number of hydrogen-bond acceptors (Lipinski definition) is 5. The number of allylic oxidation sites excluding steroid dienone is 1. The number of nitrogens with one attached hydrogen (secondary N) is 2. The zero-order chi connectivity index (χ0) is 12.3. The number of hydrogen-bond donors (Lipinski definition) is 3. The zero-order valence-corrected chi connectivity index (χ0v) is 9.31. The van der Waals surface area contributed by atoms with E-state index in [4.69, 9.17) is 5.41 Å². The molecule has 0 bridgehead atoms. The molecular formula is C12H12N4O. The average Bonchev–Trinajstić information content (AvgIpc) is 2.36. The topological polar surface area (TPSA) is 81.9 Å². The van der Waals surface area contributed by atoms with Crippen molar-refractivity contribution in [3.05, 3.63) is 36.3 Å². The van der Waals surface area contributed by atoms with E-state index in [-0.39, 0.29) is 5.75 Å². The first-order valence-electron chi connectivity index (χ1n) is 5.09. The zero-order valence-electron chi connectivity index (χ0n) is 9.31. The van der Waals surface area contributed by atoms with Crippen molar-refractivity contribution in [3.8, 4) is 5.75 Å². The van der Waals surface area contributed by atoms with Gasteiger partial charge in [0.25, 0.3) is 0 Å². The van der Waals surface area contributed by atoms with E-state index in [1.807, 2.05) is 0 Å². The summed E-state index contributed by atoms with van der Waals surface area (Å²) in [5.41, 5.74) is 2.32. The van der Waals surface area contributed by atoms with E-state index in [9.17, 15) is 5.11 Å². The van der Waals surface area contributed by atoms with Gasteiger partial charge in [-0.1, -0.05) is 0 Å². The van der Waals surface area contributed by atoms with Crippen LogP contribution in [0.15, 0.2) is 30.6 Å². The van der Waals surface area contributed by atoms with Crippen LogP contribution in [0.3, 0.4) is 0 Å². The Kier molecular flexibility index (Phi) is 3.00. The number of nitrogens with zero attached hydrogens (tertiary/aromatic N) is 2. The van der Waals surface area contributed by atoms with Gasteiger partial charge in [-0.15, -0.1) is 0 Å². The van der Waals surface area contributed by atoms with Gasteiger partial charge < -0.3 is 15.8 Å². The molecule has 0 amide bonds.